The molecule has 0 saturated carbocycles. The SMILES string of the molecule is C=C(Nc1ccc(CC(F)F)nc1)c1n[nH]c2ccc(-c3cnn(C4CNC4)c3)cc12. The fraction of sp³-hybridized carbons (Fsp3) is 0.227. The summed E-state index contributed by atoms with van der Waals surface area (Å²) in [4.78, 5) is 4.07. The van der Waals surface area contributed by atoms with Crippen LogP contribution in [0.15, 0.2) is 55.5 Å². The maximum atomic E-state index is 12.5. The Labute approximate surface area is 177 Å². The third-order valence-corrected chi connectivity index (χ3v) is 5.40. The standard InChI is InChI=1S/C22H21F2N7/c1-13(28-17-4-3-16(26-9-17)7-21(23)24)22-19-6-14(2-5-20(19)29-30-22)15-8-27-31(12-15)18-10-25-11-18/h2-6,8-9,12,18,21,25,28H,1,7,10-11H2,(H,29,30). The van der Waals surface area contributed by atoms with Crippen LogP contribution in [-0.2, 0) is 6.42 Å². The molecular formula is C22H21F2N7. The van der Waals surface area contributed by atoms with Crippen LogP contribution in [-0.4, -0.2) is 44.5 Å². The van der Waals surface area contributed by atoms with Crippen LogP contribution in [0.3, 0.4) is 0 Å². The van der Waals surface area contributed by atoms with E-state index in [0.29, 0.717) is 28.8 Å². The van der Waals surface area contributed by atoms with Crippen LogP contribution in [0.25, 0.3) is 27.7 Å². The van der Waals surface area contributed by atoms with Crippen molar-refractivity contribution in [1.82, 2.24) is 30.3 Å². The number of H-pyrrole nitrogens is 1. The highest BCUT2D eigenvalue weighted by atomic mass is 19.3. The Kier molecular flexibility index (Phi) is 4.95. The zero-order valence-corrected chi connectivity index (χ0v) is 16.6. The number of halogens is 2. The second kappa shape index (κ2) is 7.92. The van der Waals surface area contributed by atoms with E-state index in [1.54, 1.807) is 12.1 Å². The zero-order valence-electron chi connectivity index (χ0n) is 16.6. The Balaban J connectivity index is 1.37. The molecule has 0 bridgehead atoms. The lowest BCUT2D eigenvalue weighted by molar-refractivity contribution is 0.148. The molecule has 3 N–H and O–H groups in total. The smallest absolute Gasteiger partial charge is 0.244 e. The van der Waals surface area contributed by atoms with Gasteiger partial charge in [0.2, 0.25) is 6.43 Å². The number of aromatic amines is 1. The molecule has 4 heterocycles. The van der Waals surface area contributed by atoms with Crippen LogP contribution in [0.4, 0.5) is 14.5 Å². The van der Waals surface area contributed by atoms with Crippen molar-refractivity contribution in [1.29, 1.82) is 0 Å². The van der Waals surface area contributed by atoms with Gasteiger partial charge in [-0.25, -0.2) is 8.78 Å². The van der Waals surface area contributed by atoms with Crippen molar-refractivity contribution in [3.8, 4) is 11.1 Å². The van der Waals surface area contributed by atoms with Gasteiger partial charge in [0, 0.05) is 35.9 Å². The van der Waals surface area contributed by atoms with Crippen molar-refractivity contribution in [2.45, 2.75) is 18.9 Å². The lowest BCUT2D eigenvalue weighted by Gasteiger charge is -2.27. The number of nitrogens with zero attached hydrogens (tertiary/aromatic N) is 4. The molecule has 1 fully saturated rings. The Morgan fingerprint density at radius 1 is 1.19 bits per heavy atom. The molecule has 3 aromatic heterocycles. The fourth-order valence-electron chi connectivity index (χ4n) is 3.58. The number of benzene rings is 1. The summed E-state index contributed by atoms with van der Waals surface area (Å²) in [6.07, 6.45) is 2.68. The molecular weight excluding hydrogens is 400 g/mol. The van der Waals surface area contributed by atoms with E-state index in [4.69, 9.17) is 0 Å². The minimum absolute atomic E-state index is 0.347. The molecule has 4 aromatic rings. The van der Waals surface area contributed by atoms with E-state index in [-0.39, 0.29) is 6.42 Å². The molecule has 7 nitrogen and oxygen atoms in total. The van der Waals surface area contributed by atoms with E-state index < -0.39 is 6.43 Å². The first-order valence-electron chi connectivity index (χ1n) is 9.99. The van der Waals surface area contributed by atoms with E-state index >= 15 is 0 Å². The molecule has 1 aliphatic heterocycles. The van der Waals surface area contributed by atoms with Crippen LogP contribution in [0.1, 0.15) is 17.4 Å². The summed E-state index contributed by atoms with van der Waals surface area (Å²) in [6.45, 7) is 5.98. The molecule has 1 saturated heterocycles. The first-order valence-corrected chi connectivity index (χ1v) is 9.99. The predicted octanol–water partition coefficient (Wildman–Crippen LogP) is 3.86. The predicted molar refractivity (Wildman–Crippen MR) is 116 cm³/mol. The van der Waals surface area contributed by atoms with Gasteiger partial charge in [0.1, 0.15) is 5.69 Å². The highest BCUT2D eigenvalue weighted by Crippen LogP contribution is 2.29. The number of hydrogen-bond donors (Lipinski definition) is 3. The van der Waals surface area contributed by atoms with E-state index in [1.165, 1.54) is 6.20 Å². The maximum Gasteiger partial charge on any atom is 0.244 e. The molecule has 31 heavy (non-hydrogen) atoms. The first kappa shape index (κ1) is 19.4. The zero-order chi connectivity index (χ0) is 21.4. The Hall–Kier alpha value is -3.59. The number of hydrogen-bond acceptors (Lipinski definition) is 5. The molecule has 0 radical (unpaired) electrons. The average molecular weight is 421 g/mol. The maximum absolute atomic E-state index is 12.5. The van der Waals surface area contributed by atoms with Gasteiger partial charge >= 0.3 is 0 Å². The monoisotopic (exact) mass is 421 g/mol. The lowest BCUT2D eigenvalue weighted by Crippen LogP contribution is -2.43. The van der Waals surface area contributed by atoms with Crippen LogP contribution in [0.5, 0.6) is 0 Å². The van der Waals surface area contributed by atoms with Gasteiger partial charge in [-0.2, -0.15) is 10.2 Å². The molecule has 0 aliphatic carbocycles. The fourth-order valence-corrected chi connectivity index (χ4v) is 3.58. The summed E-state index contributed by atoms with van der Waals surface area (Å²) in [6, 6.07) is 9.78. The van der Waals surface area contributed by atoms with Gasteiger partial charge < -0.3 is 10.6 Å². The number of alkyl halides is 2. The minimum Gasteiger partial charge on any atom is -0.353 e. The summed E-state index contributed by atoms with van der Waals surface area (Å²) < 4.78 is 27.0. The normalized spacial score (nSPS) is 14.2. The highest BCUT2D eigenvalue weighted by Gasteiger charge is 2.20. The summed E-state index contributed by atoms with van der Waals surface area (Å²) in [7, 11) is 0. The third-order valence-electron chi connectivity index (χ3n) is 5.40. The molecule has 5 rings (SSSR count). The topological polar surface area (TPSA) is 83.5 Å². The molecule has 158 valence electrons. The molecule has 1 aromatic carbocycles. The molecule has 1 aliphatic rings. The van der Waals surface area contributed by atoms with Crippen molar-refractivity contribution in [2.24, 2.45) is 0 Å². The van der Waals surface area contributed by atoms with Crippen molar-refractivity contribution >= 4 is 22.3 Å². The second-order valence-electron chi connectivity index (χ2n) is 7.59. The average Bonchev–Trinajstić information content (AvgIpc) is 3.34. The van der Waals surface area contributed by atoms with Crippen molar-refractivity contribution in [3.05, 3.63) is 66.9 Å². The van der Waals surface area contributed by atoms with Crippen LogP contribution >= 0.6 is 0 Å². The number of nitrogens with one attached hydrogen (secondary N) is 3. The van der Waals surface area contributed by atoms with Gasteiger partial charge in [-0.05, 0) is 29.8 Å². The molecule has 0 atom stereocenters. The second-order valence-corrected chi connectivity index (χ2v) is 7.59. The number of rotatable bonds is 7. The number of pyridine rings is 1. The van der Waals surface area contributed by atoms with Gasteiger partial charge in [0.15, 0.2) is 0 Å². The van der Waals surface area contributed by atoms with Crippen molar-refractivity contribution in [2.75, 3.05) is 18.4 Å². The van der Waals surface area contributed by atoms with E-state index in [2.05, 4.69) is 49.8 Å². The first-order chi connectivity index (χ1) is 15.1. The van der Waals surface area contributed by atoms with Gasteiger partial charge in [0.25, 0.3) is 0 Å². The quantitative estimate of drug-likeness (QED) is 0.422. The third kappa shape index (κ3) is 3.91. The Morgan fingerprint density at radius 3 is 2.77 bits per heavy atom. The van der Waals surface area contributed by atoms with Crippen LogP contribution in [0.2, 0.25) is 0 Å². The highest BCUT2D eigenvalue weighted by molar-refractivity contribution is 5.94. The van der Waals surface area contributed by atoms with Crippen LogP contribution in [0, 0.1) is 0 Å². The van der Waals surface area contributed by atoms with E-state index in [1.807, 2.05) is 23.0 Å². The number of anilines is 1. The van der Waals surface area contributed by atoms with Crippen molar-refractivity contribution < 1.29 is 8.78 Å². The summed E-state index contributed by atoms with van der Waals surface area (Å²) in [5.74, 6) is 0. The van der Waals surface area contributed by atoms with Gasteiger partial charge in [0.05, 0.1) is 41.8 Å². The van der Waals surface area contributed by atoms with E-state index in [9.17, 15) is 8.78 Å². The Morgan fingerprint density at radius 2 is 2.06 bits per heavy atom. The molecule has 0 unspecified atom stereocenters. The number of aromatic nitrogens is 5. The molecule has 9 heteroatoms. The van der Waals surface area contributed by atoms with E-state index in [0.717, 1.165) is 35.1 Å². The summed E-state index contributed by atoms with van der Waals surface area (Å²) in [5.41, 5.74) is 5.25. The van der Waals surface area contributed by atoms with Crippen LogP contribution < -0.4 is 10.6 Å². The largest absolute Gasteiger partial charge is 0.353 e. The van der Waals surface area contributed by atoms with Gasteiger partial charge in [-0.1, -0.05) is 12.6 Å². The number of fused-ring (bicyclic) bond motifs is 1. The molecule has 0 amide bonds. The molecule has 0 spiro atoms. The van der Waals surface area contributed by atoms with Gasteiger partial charge in [-0.15, -0.1) is 0 Å². The van der Waals surface area contributed by atoms with Gasteiger partial charge in [-0.3, -0.25) is 14.8 Å². The lowest BCUT2D eigenvalue weighted by atomic mass is 10.1. The summed E-state index contributed by atoms with van der Waals surface area (Å²) in [5, 5.41) is 19.3. The Bertz CT molecular complexity index is 1220. The van der Waals surface area contributed by atoms with Crippen molar-refractivity contribution in [3.63, 3.8) is 0 Å². The minimum atomic E-state index is -2.41. The summed E-state index contributed by atoms with van der Waals surface area (Å²) >= 11 is 0.